The minimum absolute atomic E-state index is 0.172. The molecule has 15 heavy (non-hydrogen) atoms. The van der Waals surface area contributed by atoms with Crippen molar-refractivity contribution in [3.05, 3.63) is 18.0 Å². The summed E-state index contributed by atoms with van der Waals surface area (Å²) in [5.41, 5.74) is 0.739. The zero-order valence-electron chi connectivity index (χ0n) is 9.86. The van der Waals surface area contributed by atoms with Gasteiger partial charge in [-0.3, -0.25) is 9.48 Å². The predicted molar refractivity (Wildman–Crippen MR) is 60.9 cm³/mol. The highest BCUT2D eigenvalue weighted by Crippen LogP contribution is 2.11. The first kappa shape index (κ1) is 12.0. The van der Waals surface area contributed by atoms with E-state index in [4.69, 9.17) is 0 Å². The summed E-state index contributed by atoms with van der Waals surface area (Å²) in [6.45, 7) is 7.18. The average Bonchev–Trinajstić information content (AvgIpc) is 2.73. The third kappa shape index (κ3) is 3.18. The fourth-order valence-corrected chi connectivity index (χ4v) is 1.62. The number of hydrogen-bond donors (Lipinski definition) is 0. The highest BCUT2D eigenvalue weighted by Gasteiger charge is 2.09. The molecule has 0 atom stereocenters. The van der Waals surface area contributed by atoms with Gasteiger partial charge in [0.05, 0.1) is 11.8 Å². The minimum atomic E-state index is 0.172. The number of nitrogens with zero attached hydrogens (tertiary/aromatic N) is 2. The largest absolute Gasteiger partial charge is 0.294 e. The Kier molecular flexibility index (Phi) is 4.53. The molecule has 0 spiro atoms. The zero-order valence-corrected chi connectivity index (χ0v) is 9.86. The number of aromatic nitrogens is 2. The summed E-state index contributed by atoms with van der Waals surface area (Å²) in [6.07, 6.45) is 6.41. The van der Waals surface area contributed by atoms with Crippen molar-refractivity contribution >= 4 is 5.78 Å². The van der Waals surface area contributed by atoms with Crippen molar-refractivity contribution in [2.75, 3.05) is 0 Å². The van der Waals surface area contributed by atoms with Crippen molar-refractivity contribution in [3.63, 3.8) is 0 Å². The van der Waals surface area contributed by atoms with Crippen LogP contribution in [0.1, 0.15) is 50.4 Å². The molecule has 0 fully saturated rings. The zero-order chi connectivity index (χ0) is 11.3. The molecule has 1 aromatic rings. The maximum Gasteiger partial charge on any atom is 0.165 e. The number of rotatable bonds is 6. The molecule has 1 aromatic heterocycles. The maximum atomic E-state index is 11.4. The molecule has 0 aliphatic rings. The second kappa shape index (κ2) is 5.69. The van der Waals surface area contributed by atoms with Crippen LogP contribution in [0.5, 0.6) is 0 Å². The summed E-state index contributed by atoms with van der Waals surface area (Å²) in [7, 11) is 0. The summed E-state index contributed by atoms with van der Waals surface area (Å²) in [5.74, 6) is 0.834. The van der Waals surface area contributed by atoms with E-state index in [-0.39, 0.29) is 5.78 Å². The van der Waals surface area contributed by atoms with Gasteiger partial charge in [-0.05, 0) is 5.92 Å². The fraction of sp³-hybridized carbons (Fsp3) is 0.667. The van der Waals surface area contributed by atoms with Crippen LogP contribution in [0.25, 0.3) is 0 Å². The van der Waals surface area contributed by atoms with E-state index in [2.05, 4.69) is 18.9 Å². The van der Waals surface area contributed by atoms with Gasteiger partial charge in [-0.15, -0.1) is 0 Å². The van der Waals surface area contributed by atoms with Crippen molar-refractivity contribution in [1.29, 1.82) is 0 Å². The van der Waals surface area contributed by atoms with E-state index >= 15 is 0 Å². The Balaban J connectivity index is 2.63. The standard InChI is InChI=1S/C12H20N2O/c1-4-10(5-2)8-14-9-11(7-13-14)12(15)6-3/h7,9-10H,4-6,8H2,1-3H3. The molecule has 0 radical (unpaired) electrons. The second-order valence-corrected chi connectivity index (χ2v) is 3.91. The Hall–Kier alpha value is -1.12. The van der Waals surface area contributed by atoms with E-state index in [1.165, 1.54) is 0 Å². The Labute approximate surface area is 91.5 Å². The predicted octanol–water partition coefficient (Wildman–Crippen LogP) is 2.91. The Morgan fingerprint density at radius 3 is 2.60 bits per heavy atom. The summed E-state index contributed by atoms with van der Waals surface area (Å²) >= 11 is 0. The smallest absolute Gasteiger partial charge is 0.165 e. The second-order valence-electron chi connectivity index (χ2n) is 3.91. The molecule has 84 valence electrons. The first-order valence-electron chi connectivity index (χ1n) is 5.76. The van der Waals surface area contributed by atoms with Crippen LogP contribution in [0.15, 0.2) is 12.4 Å². The van der Waals surface area contributed by atoms with Gasteiger partial charge >= 0.3 is 0 Å². The summed E-state index contributed by atoms with van der Waals surface area (Å²) < 4.78 is 1.89. The van der Waals surface area contributed by atoms with Crippen molar-refractivity contribution in [2.24, 2.45) is 5.92 Å². The first-order chi connectivity index (χ1) is 7.21. The lowest BCUT2D eigenvalue weighted by molar-refractivity contribution is 0.0988. The third-order valence-electron chi connectivity index (χ3n) is 2.88. The van der Waals surface area contributed by atoms with Gasteiger partial charge in [0.25, 0.3) is 0 Å². The van der Waals surface area contributed by atoms with E-state index in [0.29, 0.717) is 12.3 Å². The van der Waals surface area contributed by atoms with Crippen molar-refractivity contribution in [1.82, 2.24) is 9.78 Å². The van der Waals surface area contributed by atoms with Crippen LogP contribution in [-0.2, 0) is 6.54 Å². The summed E-state index contributed by atoms with van der Waals surface area (Å²) in [4.78, 5) is 11.4. The van der Waals surface area contributed by atoms with Crippen molar-refractivity contribution in [3.8, 4) is 0 Å². The van der Waals surface area contributed by atoms with Gasteiger partial charge in [0, 0.05) is 19.2 Å². The summed E-state index contributed by atoms with van der Waals surface area (Å²) in [5, 5.41) is 4.22. The van der Waals surface area contributed by atoms with Crippen LogP contribution >= 0.6 is 0 Å². The van der Waals surface area contributed by atoms with Gasteiger partial charge in [-0.1, -0.05) is 33.6 Å². The Morgan fingerprint density at radius 2 is 2.07 bits per heavy atom. The molecule has 0 saturated carbocycles. The lowest BCUT2D eigenvalue weighted by Crippen LogP contribution is -2.09. The molecule has 3 heteroatoms. The molecule has 1 heterocycles. The van der Waals surface area contributed by atoms with Gasteiger partial charge in [0.15, 0.2) is 5.78 Å². The van der Waals surface area contributed by atoms with Gasteiger partial charge in [0.1, 0.15) is 0 Å². The quantitative estimate of drug-likeness (QED) is 0.674. The number of Topliss-reactive ketones (excluding diaryl/α,β-unsaturated/α-hetero) is 1. The number of ketones is 1. The van der Waals surface area contributed by atoms with Gasteiger partial charge in [-0.25, -0.2) is 0 Å². The van der Waals surface area contributed by atoms with E-state index in [1.807, 2.05) is 17.8 Å². The Morgan fingerprint density at radius 1 is 1.40 bits per heavy atom. The lowest BCUT2D eigenvalue weighted by Gasteiger charge is -2.11. The maximum absolute atomic E-state index is 11.4. The Bertz CT molecular complexity index is 313. The van der Waals surface area contributed by atoms with E-state index in [0.717, 1.165) is 24.9 Å². The van der Waals surface area contributed by atoms with Crippen LogP contribution < -0.4 is 0 Å². The molecule has 3 nitrogen and oxygen atoms in total. The molecule has 0 N–H and O–H groups in total. The van der Waals surface area contributed by atoms with Crippen LogP contribution in [0.3, 0.4) is 0 Å². The van der Waals surface area contributed by atoms with Crippen LogP contribution in [0, 0.1) is 5.92 Å². The topological polar surface area (TPSA) is 34.9 Å². The molecular formula is C12H20N2O. The molecule has 0 amide bonds. The minimum Gasteiger partial charge on any atom is -0.294 e. The van der Waals surface area contributed by atoms with Gasteiger partial charge < -0.3 is 0 Å². The normalized spacial score (nSPS) is 10.9. The van der Waals surface area contributed by atoms with Crippen LogP contribution in [-0.4, -0.2) is 15.6 Å². The fourth-order valence-electron chi connectivity index (χ4n) is 1.62. The lowest BCUT2D eigenvalue weighted by atomic mass is 10.0. The number of carbonyl (C=O) groups is 1. The molecule has 0 bridgehead atoms. The molecule has 0 aliphatic heterocycles. The molecule has 0 aromatic carbocycles. The average molecular weight is 208 g/mol. The molecular weight excluding hydrogens is 188 g/mol. The molecule has 0 aliphatic carbocycles. The van der Waals surface area contributed by atoms with E-state index < -0.39 is 0 Å². The molecule has 0 unspecified atom stereocenters. The first-order valence-corrected chi connectivity index (χ1v) is 5.76. The van der Waals surface area contributed by atoms with Gasteiger partial charge in [0.2, 0.25) is 0 Å². The number of carbonyl (C=O) groups excluding carboxylic acids is 1. The van der Waals surface area contributed by atoms with Gasteiger partial charge in [-0.2, -0.15) is 5.10 Å². The highest BCUT2D eigenvalue weighted by molar-refractivity contribution is 5.95. The van der Waals surface area contributed by atoms with Crippen LogP contribution in [0.4, 0.5) is 0 Å². The number of hydrogen-bond acceptors (Lipinski definition) is 2. The van der Waals surface area contributed by atoms with Crippen LogP contribution in [0.2, 0.25) is 0 Å². The third-order valence-corrected chi connectivity index (χ3v) is 2.88. The van der Waals surface area contributed by atoms with Crippen molar-refractivity contribution in [2.45, 2.75) is 46.6 Å². The highest BCUT2D eigenvalue weighted by atomic mass is 16.1. The van der Waals surface area contributed by atoms with E-state index in [1.54, 1.807) is 6.20 Å². The summed E-state index contributed by atoms with van der Waals surface area (Å²) in [6, 6.07) is 0. The monoisotopic (exact) mass is 208 g/mol. The van der Waals surface area contributed by atoms with E-state index in [9.17, 15) is 4.79 Å². The molecule has 0 saturated heterocycles. The van der Waals surface area contributed by atoms with Crippen molar-refractivity contribution < 1.29 is 4.79 Å². The molecule has 1 rings (SSSR count). The SMILES string of the molecule is CCC(=O)c1cnn(CC(CC)CC)c1.